The summed E-state index contributed by atoms with van der Waals surface area (Å²) >= 11 is 1.35. The average molecular weight is 290 g/mol. The van der Waals surface area contributed by atoms with Gasteiger partial charge in [0.2, 0.25) is 5.16 Å². The number of ether oxygens (including phenoxy) is 1. The maximum atomic E-state index is 11.7. The molecule has 2 heterocycles. The SMILES string of the molecule is Cc1ccc(-n2nnnc2S[C@@H]2C[C@H](C)OC2=O)cc1. The van der Waals surface area contributed by atoms with Crippen molar-refractivity contribution >= 4 is 17.7 Å². The first-order chi connectivity index (χ1) is 9.63. The fourth-order valence-electron chi connectivity index (χ4n) is 2.04. The molecule has 3 rings (SSSR count). The normalized spacial score (nSPS) is 22.0. The topological polar surface area (TPSA) is 69.9 Å². The van der Waals surface area contributed by atoms with Crippen molar-refractivity contribution in [1.82, 2.24) is 20.2 Å². The second-order valence-corrected chi connectivity index (χ2v) is 5.97. The zero-order chi connectivity index (χ0) is 14.1. The summed E-state index contributed by atoms with van der Waals surface area (Å²) in [5, 5.41) is 12.0. The van der Waals surface area contributed by atoms with Crippen molar-refractivity contribution in [2.45, 2.75) is 36.8 Å². The summed E-state index contributed by atoms with van der Waals surface area (Å²) in [7, 11) is 0. The summed E-state index contributed by atoms with van der Waals surface area (Å²) in [5.74, 6) is -0.194. The smallest absolute Gasteiger partial charge is 0.319 e. The lowest BCUT2D eigenvalue weighted by Gasteiger charge is -2.06. The summed E-state index contributed by atoms with van der Waals surface area (Å²) in [6, 6.07) is 7.89. The van der Waals surface area contributed by atoms with Gasteiger partial charge in [0.05, 0.1) is 5.69 Å². The molecule has 104 valence electrons. The molecular formula is C13H14N4O2S. The molecule has 1 aromatic carbocycles. The highest BCUT2D eigenvalue weighted by atomic mass is 32.2. The van der Waals surface area contributed by atoms with Gasteiger partial charge >= 0.3 is 5.97 Å². The van der Waals surface area contributed by atoms with E-state index in [1.54, 1.807) is 4.68 Å². The van der Waals surface area contributed by atoms with Crippen LogP contribution in [0.2, 0.25) is 0 Å². The van der Waals surface area contributed by atoms with E-state index in [1.807, 2.05) is 38.1 Å². The van der Waals surface area contributed by atoms with Crippen molar-refractivity contribution < 1.29 is 9.53 Å². The number of carbonyl (C=O) groups is 1. The van der Waals surface area contributed by atoms with Crippen LogP contribution in [-0.2, 0) is 9.53 Å². The molecule has 2 aromatic rings. The fourth-order valence-corrected chi connectivity index (χ4v) is 3.14. The van der Waals surface area contributed by atoms with Crippen LogP contribution in [0.3, 0.4) is 0 Å². The summed E-state index contributed by atoms with van der Waals surface area (Å²) in [5.41, 5.74) is 2.05. The molecule has 2 atom stereocenters. The Balaban J connectivity index is 1.83. The summed E-state index contributed by atoms with van der Waals surface area (Å²) in [6.45, 7) is 3.91. The average Bonchev–Trinajstić information content (AvgIpc) is 2.98. The fraction of sp³-hybridized carbons (Fsp3) is 0.385. The van der Waals surface area contributed by atoms with E-state index >= 15 is 0 Å². The molecule has 1 aromatic heterocycles. The van der Waals surface area contributed by atoms with E-state index in [4.69, 9.17) is 4.74 Å². The number of benzene rings is 1. The van der Waals surface area contributed by atoms with E-state index < -0.39 is 0 Å². The number of hydrogen-bond donors (Lipinski definition) is 0. The molecule has 0 unspecified atom stereocenters. The van der Waals surface area contributed by atoms with Crippen molar-refractivity contribution in [2.24, 2.45) is 0 Å². The molecule has 1 aliphatic rings. The van der Waals surface area contributed by atoms with E-state index in [9.17, 15) is 4.79 Å². The summed E-state index contributed by atoms with van der Waals surface area (Å²) < 4.78 is 6.79. The minimum absolute atomic E-state index is 0.0382. The molecule has 0 spiro atoms. The quantitative estimate of drug-likeness (QED) is 0.802. The largest absolute Gasteiger partial charge is 0.462 e. The van der Waals surface area contributed by atoms with Gasteiger partial charge in [-0.05, 0) is 36.4 Å². The number of aromatic nitrogens is 4. The molecule has 6 nitrogen and oxygen atoms in total. The zero-order valence-corrected chi connectivity index (χ0v) is 12.0. The molecule has 0 radical (unpaired) electrons. The molecule has 1 aliphatic heterocycles. The van der Waals surface area contributed by atoms with Gasteiger partial charge in [-0.2, -0.15) is 4.68 Å². The first kappa shape index (κ1) is 13.1. The van der Waals surface area contributed by atoms with Crippen LogP contribution in [0.4, 0.5) is 0 Å². The lowest BCUT2D eigenvalue weighted by Crippen LogP contribution is -2.11. The predicted octanol–water partition coefficient (Wildman–Crippen LogP) is 1.77. The Bertz CT molecular complexity index is 626. The second-order valence-electron chi connectivity index (χ2n) is 4.80. The third-order valence-electron chi connectivity index (χ3n) is 3.09. The molecule has 1 fully saturated rings. The molecule has 0 saturated carbocycles. The van der Waals surface area contributed by atoms with Crippen LogP contribution in [0.1, 0.15) is 18.9 Å². The molecule has 0 N–H and O–H groups in total. The Morgan fingerprint density at radius 3 is 2.75 bits per heavy atom. The third-order valence-corrected chi connectivity index (χ3v) is 4.23. The van der Waals surface area contributed by atoms with Gasteiger partial charge in [-0.25, -0.2) is 0 Å². The number of carbonyl (C=O) groups excluding carboxylic acids is 1. The summed E-state index contributed by atoms with van der Waals surface area (Å²) in [6.07, 6.45) is 0.647. The number of thioether (sulfide) groups is 1. The van der Waals surface area contributed by atoms with Gasteiger partial charge in [0, 0.05) is 6.42 Å². The van der Waals surface area contributed by atoms with Crippen LogP contribution in [0.5, 0.6) is 0 Å². The van der Waals surface area contributed by atoms with E-state index in [0.29, 0.717) is 11.6 Å². The van der Waals surface area contributed by atoms with E-state index in [2.05, 4.69) is 15.5 Å². The molecule has 0 aliphatic carbocycles. The number of cyclic esters (lactones) is 1. The maximum Gasteiger partial charge on any atom is 0.319 e. The van der Waals surface area contributed by atoms with Gasteiger partial charge in [-0.1, -0.05) is 29.5 Å². The van der Waals surface area contributed by atoms with E-state index in [1.165, 1.54) is 17.3 Å². The number of rotatable bonds is 3. The molecule has 20 heavy (non-hydrogen) atoms. The predicted molar refractivity (Wildman–Crippen MR) is 73.7 cm³/mol. The molecular weight excluding hydrogens is 276 g/mol. The van der Waals surface area contributed by atoms with Crippen LogP contribution >= 0.6 is 11.8 Å². The van der Waals surface area contributed by atoms with Gasteiger partial charge < -0.3 is 4.74 Å². The number of hydrogen-bond acceptors (Lipinski definition) is 6. The van der Waals surface area contributed by atoms with Crippen molar-refractivity contribution in [3.05, 3.63) is 29.8 Å². The highest BCUT2D eigenvalue weighted by Crippen LogP contribution is 2.31. The highest BCUT2D eigenvalue weighted by molar-refractivity contribution is 8.00. The van der Waals surface area contributed by atoms with E-state index in [-0.39, 0.29) is 17.3 Å². The monoisotopic (exact) mass is 290 g/mol. The van der Waals surface area contributed by atoms with Gasteiger partial charge in [0.1, 0.15) is 11.4 Å². The van der Waals surface area contributed by atoms with Crippen LogP contribution in [0.15, 0.2) is 29.4 Å². The Morgan fingerprint density at radius 1 is 1.35 bits per heavy atom. The van der Waals surface area contributed by atoms with Gasteiger partial charge in [-0.15, -0.1) is 5.10 Å². The molecule has 0 bridgehead atoms. The minimum Gasteiger partial charge on any atom is -0.462 e. The second kappa shape index (κ2) is 5.24. The first-order valence-electron chi connectivity index (χ1n) is 6.36. The molecule has 1 saturated heterocycles. The Hall–Kier alpha value is -1.89. The number of tetrazole rings is 1. The van der Waals surface area contributed by atoms with Crippen LogP contribution in [-0.4, -0.2) is 37.5 Å². The van der Waals surface area contributed by atoms with Gasteiger partial charge in [0.15, 0.2) is 0 Å². The number of esters is 1. The maximum absolute atomic E-state index is 11.7. The van der Waals surface area contributed by atoms with Crippen LogP contribution < -0.4 is 0 Å². The number of nitrogens with zero attached hydrogens (tertiary/aromatic N) is 4. The van der Waals surface area contributed by atoms with E-state index in [0.717, 1.165) is 5.69 Å². The van der Waals surface area contributed by atoms with Crippen molar-refractivity contribution in [3.63, 3.8) is 0 Å². The Labute approximate surface area is 120 Å². The highest BCUT2D eigenvalue weighted by Gasteiger charge is 2.34. The van der Waals surface area contributed by atoms with Gasteiger partial charge in [-0.3, -0.25) is 4.79 Å². The standard InChI is InChI=1S/C13H14N4O2S/c1-8-3-5-10(6-4-8)17-13(14-15-16-17)20-11-7-9(2)19-12(11)18/h3-6,9,11H,7H2,1-2H3/t9-,11+/m0/s1. The summed E-state index contributed by atoms with van der Waals surface area (Å²) in [4.78, 5) is 11.7. The molecule has 7 heteroatoms. The lowest BCUT2D eigenvalue weighted by atomic mass is 10.2. The lowest BCUT2D eigenvalue weighted by molar-refractivity contribution is -0.140. The first-order valence-corrected chi connectivity index (χ1v) is 7.24. The van der Waals surface area contributed by atoms with Crippen molar-refractivity contribution in [2.75, 3.05) is 0 Å². The van der Waals surface area contributed by atoms with Gasteiger partial charge in [0.25, 0.3) is 0 Å². The van der Waals surface area contributed by atoms with Crippen LogP contribution in [0.25, 0.3) is 5.69 Å². The Kier molecular flexibility index (Phi) is 3.43. The Morgan fingerprint density at radius 2 is 2.10 bits per heavy atom. The number of aryl methyl sites for hydroxylation is 1. The van der Waals surface area contributed by atoms with Crippen molar-refractivity contribution in [3.8, 4) is 5.69 Å². The molecule has 0 amide bonds. The van der Waals surface area contributed by atoms with Crippen molar-refractivity contribution in [1.29, 1.82) is 0 Å². The third kappa shape index (κ3) is 2.53. The van der Waals surface area contributed by atoms with Crippen LogP contribution in [0, 0.1) is 6.92 Å². The minimum atomic E-state index is -0.236. The zero-order valence-electron chi connectivity index (χ0n) is 11.2.